The van der Waals surface area contributed by atoms with Crippen molar-refractivity contribution in [1.82, 2.24) is 15.1 Å². The van der Waals surface area contributed by atoms with Gasteiger partial charge in [0.2, 0.25) is 0 Å². The lowest BCUT2D eigenvalue weighted by Crippen LogP contribution is -2.26. The van der Waals surface area contributed by atoms with Crippen molar-refractivity contribution in [2.45, 2.75) is 19.1 Å². The Morgan fingerprint density at radius 3 is 2.84 bits per heavy atom. The summed E-state index contributed by atoms with van der Waals surface area (Å²) in [7, 11) is 1.53. The molecule has 0 aliphatic rings. The molecule has 9 heteroatoms. The number of amides is 1. The van der Waals surface area contributed by atoms with Crippen LogP contribution in [0.3, 0.4) is 0 Å². The van der Waals surface area contributed by atoms with Crippen molar-refractivity contribution in [2.75, 3.05) is 26.0 Å². The van der Waals surface area contributed by atoms with Gasteiger partial charge >= 0.3 is 6.18 Å². The summed E-state index contributed by atoms with van der Waals surface area (Å²) in [5, 5.41) is 6.02. The predicted octanol–water partition coefficient (Wildman–Crippen LogP) is 0.794. The number of alkyl halides is 3. The third kappa shape index (κ3) is 5.16. The molecule has 1 heterocycles. The number of hydrogen-bond acceptors (Lipinski definition) is 4. The highest BCUT2D eigenvalue weighted by molar-refractivity contribution is 5.96. The number of rotatable bonds is 6. The number of hydrogen-bond donors (Lipinski definition) is 2. The second-order valence-electron chi connectivity index (χ2n) is 3.85. The fourth-order valence-electron chi connectivity index (χ4n) is 1.38. The molecule has 0 saturated carbocycles. The molecule has 0 spiro atoms. The highest BCUT2D eigenvalue weighted by Crippen LogP contribution is 2.18. The molecule has 0 bridgehead atoms. The number of halogens is 3. The number of anilines is 1. The van der Waals surface area contributed by atoms with E-state index in [-0.39, 0.29) is 11.4 Å². The van der Waals surface area contributed by atoms with Gasteiger partial charge in [0, 0.05) is 26.5 Å². The lowest BCUT2D eigenvalue weighted by Gasteiger charge is -2.05. The summed E-state index contributed by atoms with van der Waals surface area (Å²) in [6, 6.07) is 0. The smallest absolute Gasteiger partial charge is 0.396 e. The second kappa shape index (κ2) is 6.41. The van der Waals surface area contributed by atoms with E-state index in [0.29, 0.717) is 24.3 Å². The van der Waals surface area contributed by atoms with Crippen molar-refractivity contribution in [3.05, 3.63) is 11.9 Å². The highest BCUT2D eigenvalue weighted by atomic mass is 19.4. The molecule has 0 aliphatic heterocycles. The van der Waals surface area contributed by atoms with E-state index in [2.05, 4.69) is 10.4 Å². The first-order valence-corrected chi connectivity index (χ1v) is 5.50. The van der Waals surface area contributed by atoms with Gasteiger partial charge in [0.05, 0.1) is 5.69 Å². The van der Waals surface area contributed by atoms with Crippen LogP contribution in [0.1, 0.15) is 16.9 Å². The van der Waals surface area contributed by atoms with Gasteiger partial charge in [-0.1, -0.05) is 0 Å². The zero-order valence-electron chi connectivity index (χ0n) is 10.3. The zero-order chi connectivity index (χ0) is 14.5. The fraction of sp³-hybridized carbons (Fsp3) is 0.600. The van der Waals surface area contributed by atoms with Gasteiger partial charge < -0.3 is 15.8 Å². The molecule has 0 radical (unpaired) electrons. The predicted molar refractivity (Wildman–Crippen MR) is 61.5 cm³/mol. The third-order valence-electron chi connectivity index (χ3n) is 2.16. The first-order chi connectivity index (χ1) is 8.83. The van der Waals surface area contributed by atoms with Gasteiger partial charge in [0.15, 0.2) is 5.69 Å². The standard InChI is InChI=1S/C10H15F3N4O2/c1-19-4-2-3-15-9(18)8-7(14)5-17(16-8)6-10(11,12)13/h5H,2-4,6,14H2,1H3,(H,15,18). The van der Waals surface area contributed by atoms with Crippen molar-refractivity contribution < 1.29 is 22.7 Å². The van der Waals surface area contributed by atoms with E-state index in [0.717, 1.165) is 6.20 Å². The Morgan fingerprint density at radius 1 is 1.58 bits per heavy atom. The van der Waals surface area contributed by atoms with Gasteiger partial charge in [-0.2, -0.15) is 18.3 Å². The quantitative estimate of drug-likeness (QED) is 0.755. The lowest BCUT2D eigenvalue weighted by atomic mass is 10.3. The number of aromatic nitrogens is 2. The molecule has 19 heavy (non-hydrogen) atoms. The summed E-state index contributed by atoms with van der Waals surface area (Å²) in [6.07, 6.45) is -2.84. The summed E-state index contributed by atoms with van der Waals surface area (Å²) in [6.45, 7) is -0.481. The topological polar surface area (TPSA) is 82.2 Å². The summed E-state index contributed by atoms with van der Waals surface area (Å²) < 4.78 is 41.9. The summed E-state index contributed by atoms with van der Waals surface area (Å²) in [5.74, 6) is -0.602. The summed E-state index contributed by atoms with van der Waals surface area (Å²) >= 11 is 0. The Morgan fingerprint density at radius 2 is 2.26 bits per heavy atom. The average Bonchev–Trinajstić information content (AvgIpc) is 2.63. The molecule has 1 aromatic rings. The van der Waals surface area contributed by atoms with Crippen LogP contribution in [-0.2, 0) is 11.3 Å². The Bertz CT molecular complexity index is 431. The number of nitrogens with zero attached hydrogens (tertiary/aromatic N) is 2. The highest BCUT2D eigenvalue weighted by Gasteiger charge is 2.29. The maximum atomic E-state index is 12.2. The molecule has 3 N–H and O–H groups in total. The van der Waals surface area contributed by atoms with E-state index < -0.39 is 18.6 Å². The molecule has 0 atom stereocenters. The van der Waals surface area contributed by atoms with Gasteiger partial charge in [0.1, 0.15) is 6.54 Å². The molecule has 108 valence electrons. The minimum absolute atomic E-state index is 0.0894. The van der Waals surface area contributed by atoms with Gasteiger partial charge in [-0.05, 0) is 6.42 Å². The Balaban J connectivity index is 2.60. The third-order valence-corrected chi connectivity index (χ3v) is 2.16. The normalized spacial score (nSPS) is 11.6. The average molecular weight is 280 g/mol. The molecular weight excluding hydrogens is 265 g/mol. The Labute approximate surface area is 107 Å². The van der Waals surface area contributed by atoms with E-state index in [1.165, 1.54) is 7.11 Å². The number of nitrogens with two attached hydrogens (primary N) is 1. The van der Waals surface area contributed by atoms with Gasteiger partial charge in [-0.3, -0.25) is 9.48 Å². The van der Waals surface area contributed by atoms with Crippen LogP contribution in [-0.4, -0.2) is 42.1 Å². The number of ether oxygens (including phenoxy) is 1. The first-order valence-electron chi connectivity index (χ1n) is 5.50. The number of carbonyl (C=O) groups excluding carboxylic acids is 1. The zero-order valence-corrected chi connectivity index (χ0v) is 10.3. The number of methoxy groups -OCH3 is 1. The van der Waals surface area contributed by atoms with Crippen LogP contribution < -0.4 is 11.1 Å². The van der Waals surface area contributed by atoms with E-state index in [4.69, 9.17) is 10.5 Å². The van der Waals surface area contributed by atoms with Crippen molar-refractivity contribution in [3.63, 3.8) is 0 Å². The van der Waals surface area contributed by atoms with E-state index >= 15 is 0 Å². The van der Waals surface area contributed by atoms with Gasteiger partial charge in [0.25, 0.3) is 5.91 Å². The van der Waals surface area contributed by atoms with E-state index in [9.17, 15) is 18.0 Å². The Kier molecular flexibility index (Phi) is 5.16. The number of nitrogen functional groups attached to an aromatic ring is 1. The molecular formula is C10H15F3N4O2. The van der Waals surface area contributed by atoms with Crippen LogP contribution in [0.15, 0.2) is 6.20 Å². The van der Waals surface area contributed by atoms with Gasteiger partial charge in [-0.25, -0.2) is 0 Å². The number of carbonyl (C=O) groups is 1. The van der Waals surface area contributed by atoms with E-state index in [1.807, 2.05) is 0 Å². The van der Waals surface area contributed by atoms with Crippen LogP contribution in [0.2, 0.25) is 0 Å². The molecule has 0 aliphatic carbocycles. The van der Waals surface area contributed by atoms with E-state index in [1.54, 1.807) is 0 Å². The largest absolute Gasteiger partial charge is 0.408 e. The molecule has 0 saturated heterocycles. The van der Waals surface area contributed by atoms with Crippen molar-refractivity contribution in [2.24, 2.45) is 0 Å². The van der Waals surface area contributed by atoms with Crippen LogP contribution in [0, 0.1) is 0 Å². The monoisotopic (exact) mass is 280 g/mol. The minimum atomic E-state index is -4.41. The van der Waals surface area contributed by atoms with Crippen molar-refractivity contribution in [1.29, 1.82) is 0 Å². The van der Waals surface area contributed by atoms with Crippen LogP contribution in [0.5, 0.6) is 0 Å². The molecule has 0 aromatic carbocycles. The molecule has 1 rings (SSSR count). The van der Waals surface area contributed by atoms with Gasteiger partial charge in [-0.15, -0.1) is 0 Å². The van der Waals surface area contributed by atoms with Crippen LogP contribution in [0.4, 0.5) is 18.9 Å². The van der Waals surface area contributed by atoms with Crippen molar-refractivity contribution in [3.8, 4) is 0 Å². The molecule has 0 fully saturated rings. The molecule has 6 nitrogen and oxygen atoms in total. The maximum absolute atomic E-state index is 12.2. The second-order valence-corrected chi connectivity index (χ2v) is 3.85. The molecule has 1 amide bonds. The van der Waals surface area contributed by atoms with Crippen LogP contribution >= 0.6 is 0 Å². The van der Waals surface area contributed by atoms with Crippen molar-refractivity contribution >= 4 is 11.6 Å². The summed E-state index contributed by atoms with van der Waals surface area (Å²) in [4.78, 5) is 11.6. The molecule has 0 unspecified atom stereocenters. The maximum Gasteiger partial charge on any atom is 0.408 e. The SMILES string of the molecule is COCCCNC(=O)c1nn(CC(F)(F)F)cc1N. The number of nitrogens with one attached hydrogen (secondary N) is 1. The van der Waals surface area contributed by atoms with Crippen LogP contribution in [0.25, 0.3) is 0 Å². The lowest BCUT2D eigenvalue weighted by molar-refractivity contribution is -0.142. The first kappa shape index (κ1) is 15.3. The fourth-order valence-corrected chi connectivity index (χ4v) is 1.38. The summed E-state index contributed by atoms with van der Waals surface area (Å²) in [5.41, 5.74) is 5.16. The Hall–Kier alpha value is -1.77. The minimum Gasteiger partial charge on any atom is -0.396 e. The molecule has 1 aromatic heterocycles.